The number of rotatable bonds is 6. The number of hydrogen-bond donors (Lipinski definition) is 1. The van der Waals surface area contributed by atoms with Crippen LogP contribution in [0.3, 0.4) is 0 Å². The topological polar surface area (TPSA) is 59.0 Å². The first-order chi connectivity index (χ1) is 12.6. The summed E-state index contributed by atoms with van der Waals surface area (Å²) in [5.41, 5.74) is -0.841. The van der Waals surface area contributed by atoms with Crippen LogP contribution in [0.15, 0.2) is 60.7 Å². The lowest BCUT2D eigenvalue weighted by molar-refractivity contribution is -0.168. The van der Waals surface area contributed by atoms with Crippen molar-refractivity contribution >= 4 is 5.97 Å². The van der Waals surface area contributed by atoms with E-state index in [0.717, 1.165) is 13.1 Å². The van der Waals surface area contributed by atoms with Gasteiger partial charge in [0.2, 0.25) is 5.60 Å². The second-order valence-corrected chi connectivity index (χ2v) is 6.57. The number of aliphatic hydroxyl groups is 1. The molecule has 1 fully saturated rings. The summed E-state index contributed by atoms with van der Waals surface area (Å²) in [6, 6.07) is 17.8. The normalized spacial score (nSPS) is 16.8. The molecule has 2 aromatic rings. The van der Waals surface area contributed by atoms with Crippen LogP contribution in [-0.2, 0) is 19.9 Å². The fourth-order valence-corrected chi connectivity index (χ4v) is 3.21. The molecule has 0 bridgehead atoms. The van der Waals surface area contributed by atoms with Gasteiger partial charge in [0, 0.05) is 19.6 Å². The standard InChI is InChI=1S/C21H25NO4/c1-17(16-22-12-14-25-15-13-22)26-20(23)21(24,18-8-4-2-5-9-18)19-10-6-3-7-11-19/h2-11,17,24H,12-16H2,1H3/t17-/m1/s1. The SMILES string of the molecule is C[C@H](CN1CCOCC1)OC(=O)C(O)(c1ccccc1)c1ccccc1. The lowest BCUT2D eigenvalue weighted by atomic mass is 9.86. The molecule has 0 radical (unpaired) electrons. The van der Waals surface area contributed by atoms with E-state index in [4.69, 9.17) is 9.47 Å². The average Bonchev–Trinajstić information content (AvgIpc) is 2.69. The number of hydrogen-bond acceptors (Lipinski definition) is 5. The van der Waals surface area contributed by atoms with Gasteiger partial charge < -0.3 is 14.6 Å². The molecule has 5 nitrogen and oxygen atoms in total. The van der Waals surface area contributed by atoms with E-state index in [0.29, 0.717) is 30.9 Å². The van der Waals surface area contributed by atoms with Gasteiger partial charge in [0.1, 0.15) is 6.10 Å². The third-order valence-electron chi connectivity index (χ3n) is 4.61. The zero-order chi connectivity index (χ0) is 18.4. The summed E-state index contributed by atoms with van der Waals surface area (Å²) in [5, 5.41) is 11.4. The van der Waals surface area contributed by atoms with Gasteiger partial charge in [0.15, 0.2) is 0 Å². The largest absolute Gasteiger partial charge is 0.459 e. The molecule has 5 heteroatoms. The molecule has 0 aromatic heterocycles. The van der Waals surface area contributed by atoms with Crippen LogP contribution >= 0.6 is 0 Å². The second-order valence-electron chi connectivity index (χ2n) is 6.57. The van der Waals surface area contributed by atoms with Gasteiger partial charge in [-0.15, -0.1) is 0 Å². The van der Waals surface area contributed by atoms with Crippen LogP contribution in [0.25, 0.3) is 0 Å². The summed E-state index contributed by atoms with van der Waals surface area (Å²) < 4.78 is 11.0. The van der Waals surface area contributed by atoms with E-state index >= 15 is 0 Å². The van der Waals surface area contributed by atoms with Gasteiger partial charge in [-0.3, -0.25) is 4.90 Å². The van der Waals surface area contributed by atoms with E-state index in [1.807, 2.05) is 19.1 Å². The number of esters is 1. The number of benzene rings is 2. The third-order valence-corrected chi connectivity index (χ3v) is 4.61. The van der Waals surface area contributed by atoms with Gasteiger partial charge in [-0.25, -0.2) is 4.79 Å². The summed E-state index contributed by atoms with van der Waals surface area (Å²) in [6.07, 6.45) is -0.334. The predicted octanol–water partition coefficient (Wildman–Crippen LogP) is 2.19. The van der Waals surface area contributed by atoms with Crippen LogP contribution < -0.4 is 0 Å². The molecular formula is C21H25NO4. The van der Waals surface area contributed by atoms with Crippen molar-refractivity contribution in [3.8, 4) is 0 Å². The van der Waals surface area contributed by atoms with Crippen molar-refractivity contribution in [3.63, 3.8) is 0 Å². The summed E-state index contributed by atoms with van der Waals surface area (Å²) >= 11 is 0. The second kappa shape index (κ2) is 8.45. The highest BCUT2D eigenvalue weighted by Gasteiger charge is 2.42. The molecule has 0 unspecified atom stereocenters. The molecule has 1 N–H and O–H groups in total. The van der Waals surface area contributed by atoms with Crippen LogP contribution in [-0.4, -0.2) is 54.9 Å². The van der Waals surface area contributed by atoms with E-state index in [2.05, 4.69) is 4.90 Å². The van der Waals surface area contributed by atoms with Gasteiger partial charge in [0.25, 0.3) is 0 Å². The van der Waals surface area contributed by atoms with Gasteiger partial charge in [-0.05, 0) is 18.1 Å². The highest BCUT2D eigenvalue weighted by atomic mass is 16.6. The monoisotopic (exact) mass is 355 g/mol. The molecule has 1 heterocycles. The Labute approximate surface area is 154 Å². The fraction of sp³-hybridized carbons (Fsp3) is 0.381. The quantitative estimate of drug-likeness (QED) is 0.805. The molecule has 3 rings (SSSR count). The van der Waals surface area contributed by atoms with Gasteiger partial charge in [-0.2, -0.15) is 0 Å². The van der Waals surface area contributed by atoms with Crippen molar-refractivity contribution in [3.05, 3.63) is 71.8 Å². The molecule has 2 aromatic carbocycles. The molecule has 0 spiro atoms. The molecule has 138 valence electrons. The Morgan fingerprint density at radius 3 is 2.08 bits per heavy atom. The van der Waals surface area contributed by atoms with E-state index in [9.17, 15) is 9.90 Å². The molecule has 0 saturated carbocycles. The van der Waals surface area contributed by atoms with E-state index in [1.54, 1.807) is 48.5 Å². The summed E-state index contributed by atoms with van der Waals surface area (Å²) in [7, 11) is 0. The van der Waals surface area contributed by atoms with Crippen molar-refractivity contribution in [2.75, 3.05) is 32.8 Å². The predicted molar refractivity (Wildman–Crippen MR) is 98.7 cm³/mol. The number of carbonyl (C=O) groups is 1. The Morgan fingerprint density at radius 1 is 1.08 bits per heavy atom. The first kappa shape index (κ1) is 18.6. The number of nitrogens with zero attached hydrogens (tertiary/aromatic N) is 1. The van der Waals surface area contributed by atoms with Gasteiger partial charge >= 0.3 is 5.97 Å². The van der Waals surface area contributed by atoms with Crippen molar-refractivity contribution in [2.45, 2.75) is 18.6 Å². The third kappa shape index (κ3) is 4.12. The van der Waals surface area contributed by atoms with Gasteiger partial charge in [-0.1, -0.05) is 60.7 Å². The number of morpholine rings is 1. The van der Waals surface area contributed by atoms with Crippen molar-refractivity contribution in [2.24, 2.45) is 0 Å². The van der Waals surface area contributed by atoms with Crippen molar-refractivity contribution in [1.82, 2.24) is 4.90 Å². The summed E-state index contributed by atoms with van der Waals surface area (Å²) in [6.45, 7) is 5.50. The Balaban J connectivity index is 1.79. The van der Waals surface area contributed by atoms with Crippen molar-refractivity contribution < 1.29 is 19.4 Å². The zero-order valence-corrected chi connectivity index (χ0v) is 15.0. The molecule has 1 saturated heterocycles. The number of carbonyl (C=O) groups excluding carboxylic acids is 1. The Morgan fingerprint density at radius 2 is 1.58 bits per heavy atom. The van der Waals surface area contributed by atoms with E-state index in [1.165, 1.54) is 0 Å². The molecule has 1 aliphatic heterocycles. The van der Waals surface area contributed by atoms with E-state index in [-0.39, 0.29) is 6.10 Å². The lowest BCUT2D eigenvalue weighted by Crippen LogP contribution is -2.44. The smallest absolute Gasteiger partial charge is 0.348 e. The van der Waals surface area contributed by atoms with Crippen LogP contribution in [0.2, 0.25) is 0 Å². The minimum Gasteiger partial charge on any atom is -0.459 e. The van der Waals surface area contributed by atoms with Crippen LogP contribution in [0.1, 0.15) is 18.1 Å². The Bertz CT molecular complexity index is 659. The van der Waals surface area contributed by atoms with E-state index < -0.39 is 11.6 Å². The van der Waals surface area contributed by atoms with Crippen LogP contribution in [0, 0.1) is 0 Å². The molecule has 1 aliphatic rings. The maximum Gasteiger partial charge on any atom is 0.348 e. The molecular weight excluding hydrogens is 330 g/mol. The Hall–Kier alpha value is -2.21. The molecule has 1 atom stereocenters. The van der Waals surface area contributed by atoms with Gasteiger partial charge in [0.05, 0.1) is 13.2 Å². The summed E-state index contributed by atoms with van der Waals surface area (Å²) in [5.74, 6) is -0.657. The highest BCUT2D eigenvalue weighted by Crippen LogP contribution is 2.31. The molecule has 0 amide bonds. The summed E-state index contributed by atoms with van der Waals surface area (Å²) in [4.78, 5) is 15.2. The first-order valence-electron chi connectivity index (χ1n) is 8.95. The first-order valence-corrected chi connectivity index (χ1v) is 8.95. The average molecular weight is 355 g/mol. The molecule has 26 heavy (non-hydrogen) atoms. The minimum atomic E-state index is -1.83. The molecule has 0 aliphatic carbocycles. The highest BCUT2D eigenvalue weighted by molar-refractivity contribution is 5.85. The Kier molecular flexibility index (Phi) is 6.04. The lowest BCUT2D eigenvalue weighted by Gasteiger charge is -2.32. The van der Waals surface area contributed by atoms with Crippen LogP contribution in [0.5, 0.6) is 0 Å². The fourth-order valence-electron chi connectivity index (χ4n) is 3.21. The van der Waals surface area contributed by atoms with Crippen molar-refractivity contribution in [1.29, 1.82) is 0 Å². The zero-order valence-electron chi connectivity index (χ0n) is 15.0. The maximum atomic E-state index is 13.0. The number of ether oxygens (including phenoxy) is 2. The van der Waals surface area contributed by atoms with Crippen LogP contribution in [0.4, 0.5) is 0 Å². The minimum absolute atomic E-state index is 0.334. The maximum absolute atomic E-state index is 13.0.